The van der Waals surface area contributed by atoms with E-state index in [4.69, 9.17) is 14.2 Å². The number of ether oxygens (including phenoxy) is 3. The summed E-state index contributed by atoms with van der Waals surface area (Å²) in [6, 6.07) is 3.84. The summed E-state index contributed by atoms with van der Waals surface area (Å²) in [4.78, 5) is 0. The lowest BCUT2D eigenvalue weighted by molar-refractivity contribution is 0.324. The second-order valence-corrected chi connectivity index (χ2v) is 3.50. The first-order valence-corrected chi connectivity index (χ1v) is 5.52. The van der Waals surface area contributed by atoms with Crippen LogP contribution in [-0.2, 0) is 0 Å². The van der Waals surface area contributed by atoms with Crippen LogP contribution in [0.25, 0.3) is 6.08 Å². The smallest absolute Gasteiger partial charge is 0.203 e. The van der Waals surface area contributed by atoms with E-state index in [-0.39, 0.29) is 0 Å². The van der Waals surface area contributed by atoms with Crippen molar-refractivity contribution in [3.63, 3.8) is 0 Å². The van der Waals surface area contributed by atoms with Gasteiger partial charge in [0.1, 0.15) is 0 Å². The topological polar surface area (TPSA) is 27.7 Å². The minimum absolute atomic E-state index is 0.615. The van der Waals surface area contributed by atoms with Crippen LogP contribution in [0.5, 0.6) is 17.2 Å². The van der Waals surface area contributed by atoms with Crippen LogP contribution in [0.4, 0.5) is 0 Å². The Morgan fingerprint density at radius 3 is 2.06 bits per heavy atom. The zero-order chi connectivity index (χ0) is 12.7. The molecule has 3 nitrogen and oxygen atoms in total. The lowest BCUT2D eigenvalue weighted by Crippen LogP contribution is -1.95. The van der Waals surface area contributed by atoms with Crippen molar-refractivity contribution in [1.29, 1.82) is 0 Å². The molecule has 0 aliphatic heterocycles. The fraction of sp³-hybridized carbons (Fsp3) is 0.357. The molecule has 1 aromatic carbocycles. The first kappa shape index (κ1) is 13.4. The Morgan fingerprint density at radius 2 is 1.65 bits per heavy atom. The Hall–Kier alpha value is -1.64. The third kappa shape index (κ3) is 3.41. The van der Waals surface area contributed by atoms with Crippen LogP contribution >= 0.6 is 0 Å². The fourth-order valence-electron chi connectivity index (χ4n) is 1.53. The third-order valence-corrected chi connectivity index (χ3v) is 2.37. The van der Waals surface area contributed by atoms with E-state index in [1.165, 1.54) is 0 Å². The predicted molar refractivity (Wildman–Crippen MR) is 69.7 cm³/mol. The van der Waals surface area contributed by atoms with Crippen LogP contribution in [-0.4, -0.2) is 21.3 Å². The average molecular weight is 235 g/mol. The summed E-state index contributed by atoms with van der Waals surface area (Å²) in [6.07, 6.45) is 5.95. The van der Waals surface area contributed by atoms with E-state index < -0.39 is 0 Å². The largest absolute Gasteiger partial charge is 0.493 e. The van der Waals surface area contributed by atoms with Crippen LogP contribution in [0.1, 0.15) is 18.4 Å². The maximum absolute atomic E-state index is 5.27. The van der Waals surface area contributed by atoms with Crippen LogP contribution < -0.4 is 14.2 Å². The van der Waals surface area contributed by atoms with Crippen molar-refractivity contribution in [2.75, 3.05) is 21.3 Å². The van der Waals surface area contributed by atoms with Gasteiger partial charge >= 0.3 is 0 Å². The minimum Gasteiger partial charge on any atom is -0.493 e. The summed E-state index contributed by atoms with van der Waals surface area (Å²) in [5, 5.41) is 0. The Labute approximate surface area is 103 Å². The molecule has 1 aromatic rings. The van der Waals surface area contributed by atoms with Gasteiger partial charge in [-0.1, -0.05) is 19.1 Å². The highest BCUT2D eigenvalue weighted by atomic mass is 16.5. The number of benzene rings is 1. The summed E-state index contributed by atoms with van der Waals surface area (Å²) in [5.74, 6) is 1.95. The highest BCUT2D eigenvalue weighted by molar-refractivity contribution is 5.62. The number of hydrogen-bond donors (Lipinski definition) is 0. The fourth-order valence-corrected chi connectivity index (χ4v) is 1.53. The zero-order valence-electron chi connectivity index (χ0n) is 10.7. The van der Waals surface area contributed by atoms with Gasteiger partial charge in [-0.15, -0.1) is 0 Å². The molecule has 17 heavy (non-hydrogen) atoms. The molecule has 0 saturated heterocycles. The lowest BCUT2D eigenvalue weighted by Gasteiger charge is -2.12. The van der Waals surface area contributed by atoms with Gasteiger partial charge in [0.15, 0.2) is 11.5 Å². The van der Waals surface area contributed by atoms with Crippen LogP contribution in [0, 0.1) is 6.92 Å². The molecule has 1 radical (unpaired) electrons. The monoisotopic (exact) mass is 235 g/mol. The molecular formula is C14H19O3. The predicted octanol–water partition coefficient (Wildman–Crippen LogP) is 3.34. The molecule has 93 valence electrons. The van der Waals surface area contributed by atoms with Gasteiger partial charge in [0.05, 0.1) is 21.3 Å². The number of unbranched alkanes of at least 4 members (excludes halogenated alkanes) is 1. The number of methoxy groups -OCH3 is 3. The van der Waals surface area contributed by atoms with Crippen molar-refractivity contribution in [2.45, 2.75) is 12.8 Å². The van der Waals surface area contributed by atoms with Crippen LogP contribution in [0.2, 0.25) is 0 Å². The molecule has 0 atom stereocenters. The number of allylic oxidation sites excluding steroid dienone is 1. The summed E-state index contributed by atoms with van der Waals surface area (Å²) in [6.45, 7) is 3.79. The standard InChI is InChI=1S/C14H19O3/c1-5-6-7-8-11-9-12(15-2)14(17-4)13(10-11)16-3/h7-10H,1,5-6H2,2-4H3/b8-7-. The van der Waals surface area contributed by atoms with Gasteiger partial charge in [0, 0.05) is 0 Å². The molecule has 1 rings (SSSR count). The third-order valence-electron chi connectivity index (χ3n) is 2.37. The van der Waals surface area contributed by atoms with Gasteiger partial charge in [0.2, 0.25) is 5.75 Å². The average Bonchev–Trinajstić information content (AvgIpc) is 2.37. The molecule has 0 aliphatic carbocycles. The summed E-state index contributed by atoms with van der Waals surface area (Å²) in [7, 11) is 4.82. The highest BCUT2D eigenvalue weighted by Crippen LogP contribution is 2.38. The maximum atomic E-state index is 5.27. The van der Waals surface area contributed by atoms with Gasteiger partial charge in [-0.2, -0.15) is 0 Å². The Balaban J connectivity index is 3.08. The molecular weight excluding hydrogens is 216 g/mol. The molecule has 0 fully saturated rings. The van der Waals surface area contributed by atoms with Crippen molar-refractivity contribution in [2.24, 2.45) is 0 Å². The van der Waals surface area contributed by atoms with E-state index in [1.54, 1.807) is 21.3 Å². The Bertz CT molecular complexity index is 358. The molecule has 3 heteroatoms. The van der Waals surface area contributed by atoms with E-state index >= 15 is 0 Å². The first-order chi connectivity index (χ1) is 8.26. The molecule has 0 saturated carbocycles. The second-order valence-electron chi connectivity index (χ2n) is 3.50. The normalized spacial score (nSPS) is 10.6. The first-order valence-electron chi connectivity index (χ1n) is 5.52. The van der Waals surface area contributed by atoms with Gasteiger partial charge in [-0.25, -0.2) is 0 Å². The molecule has 0 aliphatic rings. The quantitative estimate of drug-likeness (QED) is 0.757. The minimum atomic E-state index is 0.615. The Morgan fingerprint density at radius 1 is 1.06 bits per heavy atom. The summed E-state index contributed by atoms with van der Waals surface area (Å²) in [5.41, 5.74) is 1.02. The highest BCUT2D eigenvalue weighted by Gasteiger charge is 2.11. The maximum Gasteiger partial charge on any atom is 0.203 e. The molecule has 0 bridgehead atoms. The van der Waals surface area contributed by atoms with E-state index in [0.717, 1.165) is 18.4 Å². The van der Waals surface area contributed by atoms with Gasteiger partial charge in [-0.05, 0) is 30.5 Å². The van der Waals surface area contributed by atoms with E-state index in [1.807, 2.05) is 18.2 Å². The van der Waals surface area contributed by atoms with Crippen LogP contribution in [0.3, 0.4) is 0 Å². The van der Waals surface area contributed by atoms with Crippen molar-refractivity contribution >= 4 is 6.08 Å². The molecule has 0 N–H and O–H groups in total. The van der Waals surface area contributed by atoms with Gasteiger partial charge in [-0.3, -0.25) is 0 Å². The van der Waals surface area contributed by atoms with E-state index in [2.05, 4.69) is 13.0 Å². The van der Waals surface area contributed by atoms with Crippen molar-refractivity contribution in [1.82, 2.24) is 0 Å². The molecule has 0 amide bonds. The SMILES string of the molecule is [CH2]CC/C=C\c1cc(OC)c(OC)c(OC)c1. The summed E-state index contributed by atoms with van der Waals surface area (Å²) >= 11 is 0. The van der Waals surface area contributed by atoms with E-state index in [0.29, 0.717) is 17.2 Å². The lowest BCUT2D eigenvalue weighted by atomic mass is 10.1. The number of rotatable bonds is 6. The summed E-state index contributed by atoms with van der Waals surface area (Å²) < 4.78 is 15.8. The second kappa shape index (κ2) is 6.84. The molecule has 0 unspecified atom stereocenters. The van der Waals surface area contributed by atoms with E-state index in [9.17, 15) is 0 Å². The molecule has 0 heterocycles. The Kier molecular flexibility index (Phi) is 5.40. The van der Waals surface area contributed by atoms with Crippen molar-refractivity contribution in [3.05, 3.63) is 30.7 Å². The van der Waals surface area contributed by atoms with Crippen molar-refractivity contribution in [3.8, 4) is 17.2 Å². The molecule has 0 spiro atoms. The van der Waals surface area contributed by atoms with Gasteiger partial charge in [0.25, 0.3) is 0 Å². The van der Waals surface area contributed by atoms with Crippen molar-refractivity contribution < 1.29 is 14.2 Å². The van der Waals surface area contributed by atoms with Gasteiger partial charge < -0.3 is 14.2 Å². The number of hydrogen-bond acceptors (Lipinski definition) is 3. The molecule has 0 aromatic heterocycles. The van der Waals surface area contributed by atoms with Crippen LogP contribution in [0.15, 0.2) is 18.2 Å². The zero-order valence-corrected chi connectivity index (χ0v) is 10.7.